The van der Waals surface area contributed by atoms with Gasteiger partial charge in [-0.2, -0.15) is 0 Å². The molecule has 10 nitrogen and oxygen atoms in total. The minimum atomic E-state index is -1.22. The zero-order valence-electron chi connectivity index (χ0n) is 20.2. The molecule has 2 aliphatic carbocycles. The third kappa shape index (κ3) is 4.06. The molecule has 2 aromatic carbocycles. The van der Waals surface area contributed by atoms with Crippen molar-refractivity contribution < 1.29 is 38.2 Å². The lowest BCUT2D eigenvalue weighted by atomic mass is 10.00. The number of carbonyl (C=O) groups is 6. The number of imide groups is 2. The van der Waals surface area contributed by atoms with E-state index in [0.717, 1.165) is 11.1 Å². The van der Waals surface area contributed by atoms with Gasteiger partial charge in [0.25, 0.3) is 0 Å². The third-order valence-electron chi connectivity index (χ3n) is 8.15. The van der Waals surface area contributed by atoms with Crippen LogP contribution < -0.4 is 20.1 Å². The zero-order chi connectivity index (χ0) is 26.6. The van der Waals surface area contributed by atoms with E-state index in [0.29, 0.717) is 30.6 Å². The second-order valence-corrected chi connectivity index (χ2v) is 10.5. The molecule has 0 aromatic heterocycles. The molecular weight excluding hydrogens is 492 g/mol. The first kappa shape index (κ1) is 24.0. The fraction of sp³-hybridized carbons (Fsp3) is 0.357. The van der Waals surface area contributed by atoms with Gasteiger partial charge in [-0.05, 0) is 48.2 Å². The van der Waals surface area contributed by atoms with E-state index in [1.165, 1.54) is 0 Å². The molecule has 2 saturated heterocycles. The summed E-state index contributed by atoms with van der Waals surface area (Å²) >= 11 is 0. The molecule has 194 valence electrons. The summed E-state index contributed by atoms with van der Waals surface area (Å²) in [6.07, 6.45) is 1.62. The van der Waals surface area contributed by atoms with Crippen molar-refractivity contribution >= 4 is 35.9 Å². The van der Waals surface area contributed by atoms with Crippen LogP contribution in [-0.2, 0) is 28.8 Å². The molecule has 0 radical (unpaired) electrons. The van der Waals surface area contributed by atoms with Gasteiger partial charge in [-0.3, -0.25) is 39.4 Å². The maximum Gasteiger partial charge on any atom is 0.314 e. The predicted octanol–water partition coefficient (Wildman–Crippen LogP) is 1.56. The van der Waals surface area contributed by atoms with E-state index in [-0.39, 0.29) is 36.5 Å². The summed E-state index contributed by atoms with van der Waals surface area (Å²) < 4.78 is 11.5. The molecule has 2 N–H and O–H groups in total. The number of ether oxygens (including phenoxy) is 2. The molecular formula is C28H24N2O8. The van der Waals surface area contributed by atoms with Crippen LogP contribution in [0.3, 0.4) is 0 Å². The van der Waals surface area contributed by atoms with Gasteiger partial charge >= 0.3 is 5.97 Å². The Labute approximate surface area is 217 Å². The lowest BCUT2D eigenvalue weighted by Crippen LogP contribution is -2.38. The number of rotatable bonds is 6. The summed E-state index contributed by atoms with van der Waals surface area (Å²) in [4.78, 5) is 72.1. The normalized spacial score (nSPS) is 31.4. The molecule has 2 aromatic rings. The second-order valence-electron chi connectivity index (χ2n) is 10.5. The van der Waals surface area contributed by atoms with Crippen LogP contribution >= 0.6 is 0 Å². The Morgan fingerprint density at radius 2 is 1.16 bits per heavy atom. The van der Waals surface area contributed by atoms with E-state index >= 15 is 0 Å². The number of amides is 4. The minimum absolute atomic E-state index is 0.159. The van der Waals surface area contributed by atoms with E-state index in [4.69, 9.17) is 9.47 Å². The monoisotopic (exact) mass is 516 g/mol. The number of hydrogen-bond donors (Lipinski definition) is 2. The quantitative estimate of drug-likeness (QED) is 0.255. The molecule has 2 heterocycles. The highest BCUT2D eigenvalue weighted by atomic mass is 16.5. The third-order valence-corrected chi connectivity index (χ3v) is 8.15. The van der Waals surface area contributed by atoms with E-state index < -0.39 is 41.2 Å². The summed E-state index contributed by atoms with van der Waals surface area (Å²) in [6, 6.07) is 14.0. The van der Waals surface area contributed by atoms with Crippen LogP contribution in [0.15, 0.2) is 48.5 Å². The molecule has 2 saturated carbocycles. The Morgan fingerprint density at radius 3 is 1.63 bits per heavy atom. The van der Waals surface area contributed by atoms with Crippen LogP contribution in [0, 0.1) is 29.6 Å². The molecule has 10 heteroatoms. The van der Waals surface area contributed by atoms with Crippen LogP contribution in [0.25, 0.3) is 11.1 Å². The summed E-state index contributed by atoms with van der Waals surface area (Å²) in [5, 5.41) is 4.61. The highest BCUT2D eigenvalue weighted by Gasteiger charge is 2.56. The lowest BCUT2D eigenvalue weighted by molar-refractivity contribution is -0.139. The zero-order valence-corrected chi connectivity index (χ0v) is 20.2. The fourth-order valence-electron chi connectivity index (χ4n) is 6.16. The van der Waals surface area contributed by atoms with Crippen LogP contribution in [0.4, 0.5) is 0 Å². The van der Waals surface area contributed by atoms with E-state index in [1.54, 1.807) is 36.4 Å². The first-order valence-corrected chi connectivity index (χ1v) is 12.5. The highest BCUT2D eigenvalue weighted by Crippen LogP contribution is 2.44. The van der Waals surface area contributed by atoms with Crippen molar-refractivity contribution in [3.63, 3.8) is 0 Å². The largest absolute Gasteiger partial charge is 0.480 e. The van der Waals surface area contributed by atoms with Crippen molar-refractivity contribution in [2.45, 2.75) is 31.3 Å². The molecule has 4 fully saturated rings. The highest BCUT2D eigenvalue weighted by molar-refractivity contribution is 6.06. The van der Waals surface area contributed by atoms with Crippen molar-refractivity contribution in [2.75, 3.05) is 0 Å². The average Bonchev–Trinajstić information content (AvgIpc) is 3.64. The first-order valence-electron chi connectivity index (χ1n) is 12.5. The molecule has 4 atom stereocenters. The molecule has 4 aliphatic rings. The van der Waals surface area contributed by atoms with Gasteiger partial charge in [-0.1, -0.05) is 24.3 Å². The summed E-state index contributed by atoms with van der Waals surface area (Å²) in [6.45, 7) is 0. The standard InChI is InChI=1S/C28H24N2O8/c31-13-28(11-21-22(12-28)26(35)30-25(21)34)38-18-7-3-15(4-8-18)14-1-5-17(6-2-14)37-27(36)16-9-19-20(10-16)24(33)29-23(19)32/h1-8,13,16,19-22H,9-12H2,(H,29,32,33)(H,30,34,35). The molecule has 0 spiro atoms. The van der Waals surface area contributed by atoms with Gasteiger partial charge in [0.2, 0.25) is 23.6 Å². The van der Waals surface area contributed by atoms with Crippen LogP contribution in [-0.4, -0.2) is 41.5 Å². The van der Waals surface area contributed by atoms with Crippen molar-refractivity contribution in [3.05, 3.63) is 48.5 Å². The first-order chi connectivity index (χ1) is 18.2. The number of carbonyl (C=O) groups excluding carboxylic acids is 6. The number of esters is 1. The molecule has 0 bridgehead atoms. The Bertz CT molecular complexity index is 1320. The van der Waals surface area contributed by atoms with Gasteiger partial charge in [0.15, 0.2) is 11.9 Å². The number of nitrogens with one attached hydrogen (secondary N) is 2. The molecule has 4 amide bonds. The predicted molar refractivity (Wildman–Crippen MR) is 129 cm³/mol. The molecule has 4 unspecified atom stereocenters. The number of fused-ring (bicyclic) bond motifs is 2. The van der Waals surface area contributed by atoms with Crippen molar-refractivity contribution in [1.82, 2.24) is 10.6 Å². The van der Waals surface area contributed by atoms with Crippen LogP contribution in [0.1, 0.15) is 25.7 Å². The van der Waals surface area contributed by atoms with Gasteiger partial charge < -0.3 is 9.47 Å². The Morgan fingerprint density at radius 1 is 0.711 bits per heavy atom. The van der Waals surface area contributed by atoms with Gasteiger partial charge in [-0.15, -0.1) is 0 Å². The van der Waals surface area contributed by atoms with Gasteiger partial charge in [0.1, 0.15) is 11.5 Å². The topological polar surface area (TPSA) is 145 Å². The maximum absolute atomic E-state index is 12.6. The lowest BCUT2D eigenvalue weighted by Gasteiger charge is -2.25. The molecule has 38 heavy (non-hydrogen) atoms. The van der Waals surface area contributed by atoms with E-state index in [2.05, 4.69) is 10.6 Å². The van der Waals surface area contributed by atoms with Crippen molar-refractivity contribution in [1.29, 1.82) is 0 Å². The Kier molecular flexibility index (Phi) is 5.62. The van der Waals surface area contributed by atoms with Gasteiger partial charge in [0.05, 0.1) is 29.6 Å². The van der Waals surface area contributed by atoms with Gasteiger partial charge in [0, 0.05) is 12.8 Å². The minimum Gasteiger partial charge on any atom is -0.480 e. The van der Waals surface area contributed by atoms with E-state index in [1.807, 2.05) is 12.1 Å². The maximum atomic E-state index is 12.6. The summed E-state index contributed by atoms with van der Waals surface area (Å²) in [5.74, 6) is -3.46. The van der Waals surface area contributed by atoms with Crippen LogP contribution in [0.2, 0.25) is 0 Å². The second kappa shape index (κ2) is 8.90. The summed E-state index contributed by atoms with van der Waals surface area (Å²) in [7, 11) is 0. The Balaban J connectivity index is 1.08. The average molecular weight is 517 g/mol. The number of aldehydes is 1. The van der Waals surface area contributed by atoms with Crippen molar-refractivity contribution in [2.24, 2.45) is 29.6 Å². The van der Waals surface area contributed by atoms with E-state index in [9.17, 15) is 28.8 Å². The SMILES string of the molecule is O=CC1(Oc2ccc(-c3ccc(OC(=O)C4CC5C(=O)NC(=O)C5C4)cc3)cc2)CC2C(=O)NC(=O)C2C1. The molecule has 6 rings (SSSR count). The summed E-state index contributed by atoms with van der Waals surface area (Å²) in [5.41, 5.74) is 0.503. The number of hydrogen-bond acceptors (Lipinski definition) is 8. The smallest absolute Gasteiger partial charge is 0.314 e. The van der Waals surface area contributed by atoms with Crippen LogP contribution in [0.5, 0.6) is 11.5 Å². The number of benzene rings is 2. The van der Waals surface area contributed by atoms with Gasteiger partial charge in [-0.25, -0.2) is 0 Å². The van der Waals surface area contributed by atoms with Crippen molar-refractivity contribution in [3.8, 4) is 22.6 Å². The molecule has 2 aliphatic heterocycles. The fourth-order valence-corrected chi connectivity index (χ4v) is 6.16. The Hall–Kier alpha value is -4.34.